The second kappa shape index (κ2) is 4.32. The zero-order valence-electron chi connectivity index (χ0n) is 6.95. The quantitative estimate of drug-likeness (QED) is 0.308. The van der Waals surface area contributed by atoms with Gasteiger partial charge in [-0.1, -0.05) is 0 Å². The minimum absolute atomic E-state index is 0.0220. The monoisotopic (exact) mass is 194 g/mol. The van der Waals surface area contributed by atoms with E-state index in [1.54, 1.807) is 0 Å². The molecule has 0 unspecified atom stereocenters. The van der Waals surface area contributed by atoms with E-state index in [1.807, 2.05) is 0 Å². The zero-order chi connectivity index (χ0) is 10.0. The van der Waals surface area contributed by atoms with E-state index in [0.29, 0.717) is 0 Å². The average Bonchev–Trinajstić information content (AvgIpc) is 2.20. The molecular weight excluding hydrogens is 180 g/mol. The van der Waals surface area contributed by atoms with E-state index in [9.17, 15) is 10.2 Å². The van der Waals surface area contributed by atoms with E-state index >= 15 is 0 Å². The molecule has 1 aliphatic rings. The number of aliphatic hydroxyl groups is 5. The van der Waals surface area contributed by atoms with Gasteiger partial charge in [0, 0.05) is 6.42 Å². The van der Waals surface area contributed by atoms with Crippen molar-refractivity contribution in [3.8, 4) is 0 Å². The smallest absolute Gasteiger partial charge is 0.183 e. The van der Waals surface area contributed by atoms with Crippen LogP contribution in [0.15, 0.2) is 0 Å². The third-order valence-electron chi connectivity index (χ3n) is 2.08. The van der Waals surface area contributed by atoms with Crippen molar-refractivity contribution in [1.29, 1.82) is 0 Å². The molecule has 0 aromatic carbocycles. The van der Waals surface area contributed by atoms with Gasteiger partial charge in [0.15, 0.2) is 6.29 Å². The van der Waals surface area contributed by atoms with E-state index in [-0.39, 0.29) is 13.0 Å². The Morgan fingerprint density at radius 3 is 2.23 bits per heavy atom. The largest absolute Gasteiger partial charge is 0.394 e. The van der Waals surface area contributed by atoms with Gasteiger partial charge < -0.3 is 30.3 Å². The van der Waals surface area contributed by atoms with Crippen LogP contribution >= 0.6 is 0 Å². The van der Waals surface area contributed by atoms with Crippen LogP contribution in [0.1, 0.15) is 6.42 Å². The number of rotatable bonds is 1. The van der Waals surface area contributed by atoms with Crippen LogP contribution in [-0.4, -0.2) is 62.8 Å². The summed E-state index contributed by atoms with van der Waals surface area (Å²) in [4.78, 5) is 0. The van der Waals surface area contributed by atoms with Crippen molar-refractivity contribution in [3.63, 3.8) is 0 Å². The molecular formula is C7H14O6. The first-order valence-electron chi connectivity index (χ1n) is 4.05. The molecule has 78 valence electrons. The molecule has 1 rings (SSSR count). The Balaban J connectivity index is 2.66. The highest BCUT2D eigenvalue weighted by atomic mass is 16.6. The molecule has 0 aromatic heterocycles. The lowest BCUT2D eigenvalue weighted by molar-refractivity contribution is -0.201. The Morgan fingerprint density at radius 2 is 1.69 bits per heavy atom. The highest BCUT2D eigenvalue weighted by Gasteiger charge is 2.37. The molecule has 6 nitrogen and oxygen atoms in total. The van der Waals surface area contributed by atoms with Crippen LogP contribution in [0.3, 0.4) is 0 Å². The predicted molar refractivity (Wildman–Crippen MR) is 40.6 cm³/mol. The minimum atomic E-state index is -1.58. The van der Waals surface area contributed by atoms with Crippen LogP contribution in [-0.2, 0) is 4.74 Å². The third-order valence-corrected chi connectivity index (χ3v) is 2.08. The summed E-state index contributed by atoms with van der Waals surface area (Å²) in [5, 5.41) is 45.4. The van der Waals surface area contributed by atoms with Gasteiger partial charge in [0.2, 0.25) is 0 Å². The lowest BCUT2D eigenvalue weighted by atomic mass is 10.0. The third kappa shape index (κ3) is 2.37. The number of hydrogen-bond donors (Lipinski definition) is 5. The summed E-state index contributed by atoms with van der Waals surface area (Å²) in [6.07, 6.45) is -6.57. The predicted octanol–water partition coefficient (Wildman–Crippen LogP) is -2.83. The molecule has 1 heterocycles. The Morgan fingerprint density at radius 1 is 1.08 bits per heavy atom. The number of aliphatic hydroxyl groups excluding tert-OH is 5. The van der Waals surface area contributed by atoms with Crippen molar-refractivity contribution in [3.05, 3.63) is 0 Å². The molecule has 0 saturated carbocycles. The molecule has 5 N–H and O–H groups in total. The van der Waals surface area contributed by atoms with Crippen LogP contribution in [0.2, 0.25) is 0 Å². The Kier molecular flexibility index (Phi) is 3.60. The van der Waals surface area contributed by atoms with Crippen LogP contribution < -0.4 is 0 Å². The van der Waals surface area contributed by atoms with Crippen LogP contribution in [0, 0.1) is 0 Å². The summed E-state index contributed by atoms with van der Waals surface area (Å²) in [7, 11) is 0. The molecule has 0 radical (unpaired) electrons. The minimum Gasteiger partial charge on any atom is -0.394 e. The van der Waals surface area contributed by atoms with E-state index in [2.05, 4.69) is 0 Å². The Labute approximate surface area is 75.0 Å². The van der Waals surface area contributed by atoms with Crippen molar-refractivity contribution < 1.29 is 30.3 Å². The molecule has 0 aliphatic carbocycles. The van der Waals surface area contributed by atoms with E-state index in [0.717, 1.165) is 0 Å². The second-order valence-electron chi connectivity index (χ2n) is 3.12. The molecule has 0 amide bonds. The summed E-state index contributed by atoms with van der Waals surface area (Å²) in [5.41, 5.74) is 0. The molecule has 1 aliphatic heterocycles. The second-order valence-corrected chi connectivity index (χ2v) is 3.12. The van der Waals surface area contributed by atoms with Crippen molar-refractivity contribution in [2.75, 3.05) is 6.61 Å². The van der Waals surface area contributed by atoms with Crippen molar-refractivity contribution in [1.82, 2.24) is 0 Å². The molecule has 6 heteroatoms. The first-order chi connectivity index (χ1) is 6.06. The van der Waals surface area contributed by atoms with Gasteiger partial charge in [0.1, 0.15) is 12.2 Å². The molecule has 0 aromatic rings. The standard InChI is InChI=1S/C7H14O6/c8-2-3-1-4(9)5(10)6(11)7(12)13-3/h3-12H,1-2H2/t3-,4+,5-,6-,7-/m0/s1. The number of ether oxygens (including phenoxy) is 1. The highest BCUT2D eigenvalue weighted by molar-refractivity contribution is 4.83. The first kappa shape index (κ1) is 10.8. The normalized spacial score (nSPS) is 47.3. The van der Waals surface area contributed by atoms with Crippen molar-refractivity contribution in [2.45, 2.75) is 37.1 Å². The molecule has 1 saturated heterocycles. The topological polar surface area (TPSA) is 110 Å². The van der Waals surface area contributed by atoms with Gasteiger partial charge in [-0.15, -0.1) is 0 Å². The summed E-state index contributed by atoms with van der Waals surface area (Å²) in [5.74, 6) is 0. The summed E-state index contributed by atoms with van der Waals surface area (Å²) in [6, 6.07) is 0. The molecule has 0 spiro atoms. The summed E-state index contributed by atoms with van der Waals surface area (Å²) >= 11 is 0. The summed E-state index contributed by atoms with van der Waals surface area (Å²) < 4.78 is 4.75. The van der Waals surface area contributed by atoms with E-state index in [1.165, 1.54) is 0 Å². The Hall–Kier alpha value is -0.240. The van der Waals surface area contributed by atoms with Gasteiger partial charge in [0.25, 0.3) is 0 Å². The Bertz CT molecular complexity index is 147. The lowest BCUT2D eigenvalue weighted by Gasteiger charge is -2.20. The summed E-state index contributed by atoms with van der Waals surface area (Å²) in [6.45, 7) is -0.381. The first-order valence-corrected chi connectivity index (χ1v) is 4.05. The lowest BCUT2D eigenvalue weighted by Crippen LogP contribution is -2.42. The maximum absolute atomic E-state index is 9.24. The van der Waals surface area contributed by atoms with Crippen molar-refractivity contribution >= 4 is 0 Å². The van der Waals surface area contributed by atoms with Crippen LogP contribution in [0.5, 0.6) is 0 Å². The number of hydrogen-bond acceptors (Lipinski definition) is 6. The molecule has 0 bridgehead atoms. The van der Waals surface area contributed by atoms with Gasteiger partial charge in [-0.3, -0.25) is 0 Å². The van der Waals surface area contributed by atoms with Gasteiger partial charge in [-0.2, -0.15) is 0 Å². The van der Waals surface area contributed by atoms with Gasteiger partial charge >= 0.3 is 0 Å². The van der Waals surface area contributed by atoms with Gasteiger partial charge in [0.05, 0.1) is 18.8 Å². The highest BCUT2D eigenvalue weighted by Crippen LogP contribution is 2.18. The van der Waals surface area contributed by atoms with Crippen molar-refractivity contribution in [2.24, 2.45) is 0 Å². The zero-order valence-corrected chi connectivity index (χ0v) is 6.95. The average molecular weight is 194 g/mol. The van der Waals surface area contributed by atoms with Gasteiger partial charge in [-0.05, 0) is 0 Å². The molecule has 13 heavy (non-hydrogen) atoms. The van der Waals surface area contributed by atoms with E-state index < -0.39 is 30.7 Å². The fourth-order valence-electron chi connectivity index (χ4n) is 1.26. The van der Waals surface area contributed by atoms with Gasteiger partial charge in [-0.25, -0.2) is 0 Å². The molecule has 5 atom stereocenters. The van der Waals surface area contributed by atoms with Crippen LogP contribution in [0.4, 0.5) is 0 Å². The fourth-order valence-corrected chi connectivity index (χ4v) is 1.26. The fraction of sp³-hybridized carbons (Fsp3) is 1.00. The molecule has 1 fully saturated rings. The van der Waals surface area contributed by atoms with E-state index in [4.69, 9.17) is 20.1 Å². The maximum atomic E-state index is 9.24. The SMILES string of the molecule is OC[C@@H]1C[C@@H](O)[C@H](O)[C@H](O)[C@@H](O)O1. The maximum Gasteiger partial charge on any atom is 0.183 e. The van der Waals surface area contributed by atoms with Crippen LogP contribution in [0.25, 0.3) is 0 Å².